The zero-order valence-electron chi connectivity index (χ0n) is 17.5. The van der Waals surface area contributed by atoms with Crippen molar-refractivity contribution in [3.63, 3.8) is 0 Å². The number of esters is 1. The first kappa shape index (κ1) is 21.7. The van der Waals surface area contributed by atoms with Crippen molar-refractivity contribution in [1.29, 1.82) is 0 Å². The molecule has 2 amide bonds. The maximum atomic E-state index is 12.4. The minimum Gasteiger partial charge on any atom is -0.452 e. The molecule has 0 aliphatic heterocycles. The molecule has 160 valence electrons. The standard InChI is InChI=1S/C22H23N5O4/c1-15-7-9-17(10-8-15)25-20(28)13-26(3)21(29)14-31-22(30)18-12-24-27(16(18)2)19-6-4-5-11-23-19/h4-12H,13-14H2,1-3H3,(H,25,28). The molecule has 9 heteroatoms. The van der Waals surface area contributed by atoms with E-state index in [2.05, 4.69) is 15.4 Å². The SMILES string of the molecule is Cc1ccc(NC(=O)CN(C)C(=O)COC(=O)c2cnn(-c3ccccn3)c2C)cc1. The predicted molar refractivity (Wildman–Crippen MR) is 114 cm³/mol. The number of aromatic nitrogens is 3. The van der Waals surface area contributed by atoms with E-state index >= 15 is 0 Å². The number of nitrogens with one attached hydrogen (secondary N) is 1. The van der Waals surface area contributed by atoms with Crippen LogP contribution in [-0.4, -0.2) is 57.6 Å². The van der Waals surface area contributed by atoms with Crippen LogP contribution in [0.5, 0.6) is 0 Å². The summed E-state index contributed by atoms with van der Waals surface area (Å²) in [4.78, 5) is 42.2. The van der Waals surface area contributed by atoms with Gasteiger partial charge in [-0.15, -0.1) is 0 Å². The molecule has 31 heavy (non-hydrogen) atoms. The van der Waals surface area contributed by atoms with E-state index in [9.17, 15) is 14.4 Å². The van der Waals surface area contributed by atoms with Crippen LogP contribution in [-0.2, 0) is 14.3 Å². The van der Waals surface area contributed by atoms with Crippen LogP contribution in [0.15, 0.2) is 54.9 Å². The topological polar surface area (TPSA) is 106 Å². The number of nitrogens with zero attached hydrogens (tertiary/aromatic N) is 4. The first-order chi connectivity index (χ1) is 14.8. The molecule has 2 aromatic heterocycles. The molecule has 0 radical (unpaired) electrons. The lowest BCUT2D eigenvalue weighted by Crippen LogP contribution is -2.37. The summed E-state index contributed by atoms with van der Waals surface area (Å²) in [7, 11) is 1.47. The Hall–Kier alpha value is -4.01. The molecule has 0 aliphatic rings. The number of hydrogen-bond donors (Lipinski definition) is 1. The number of hydrogen-bond acceptors (Lipinski definition) is 6. The highest BCUT2D eigenvalue weighted by molar-refractivity contribution is 5.95. The first-order valence-electron chi connectivity index (χ1n) is 9.59. The maximum Gasteiger partial charge on any atom is 0.342 e. The summed E-state index contributed by atoms with van der Waals surface area (Å²) >= 11 is 0. The van der Waals surface area contributed by atoms with Crippen LogP contribution < -0.4 is 5.32 Å². The van der Waals surface area contributed by atoms with Gasteiger partial charge in [0.1, 0.15) is 5.56 Å². The van der Waals surface area contributed by atoms with Gasteiger partial charge in [-0.25, -0.2) is 14.5 Å². The van der Waals surface area contributed by atoms with Crippen molar-refractivity contribution in [3.8, 4) is 5.82 Å². The lowest BCUT2D eigenvalue weighted by Gasteiger charge is -2.16. The highest BCUT2D eigenvalue weighted by Crippen LogP contribution is 2.13. The van der Waals surface area contributed by atoms with Gasteiger partial charge < -0.3 is 15.0 Å². The predicted octanol–water partition coefficient (Wildman–Crippen LogP) is 2.14. The van der Waals surface area contributed by atoms with Crippen molar-refractivity contribution >= 4 is 23.5 Å². The van der Waals surface area contributed by atoms with Crippen molar-refractivity contribution in [2.24, 2.45) is 0 Å². The second-order valence-corrected chi connectivity index (χ2v) is 6.98. The monoisotopic (exact) mass is 421 g/mol. The van der Waals surface area contributed by atoms with Gasteiger partial charge in [-0.05, 0) is 38.1 Å². The zero-order valence-corrected chi connectivity index (χ0v) is 17.5. The normalized spacial score (nSPS) is 10.4. The summed E-state index contributed by atoms with van der Waals surface area (Å²) in [5, 5.41) is 6.87. The fourth-order valence-electron chi connectivity index (χ4n) is 2.78. The summed E-state index contributed by atoms with van der Waals surface area (Å²) < 4.78 is 6.63. The summed E-state index contributed by atoms with van der Waals surface area (Å²) in [6, 6.07) is 12.7. The third-order valence-corrected chi connectivity index (χ3v) is 4.56. The summed E-state index contributed by atoms with van der Waals surface area (Å²) in [5.41, 5.74) is 2.50. The quantitative estimate of drug-likeness (QED) is 0.586. The number of rotatable bonds is 7. The van der Waals surface area contributed by atoms with Crippen molar-refractivity contribution in [2.75, 3.05) is 25.5 Å². The lowest BCUT2D eigenvalue weighted by atomic mass is 10.2. The molecule has 0 saturated carbocycles. The van der Waals surface area contributed by atoms with Crippen LogP contribution in [0.4, 0.5) is 5.69 Å². The van der Waals surface area contributed by atoms with Crippen LogP contribution in [0, 0.1) is 13.8 Å². The van der Waals surface area contributed by atoms with Gasteiger partial charge in [-0.1, -0.05) is 23.8 Å². The summed E-state index contributed by atoms with van der Waals surface area (Å²) in [6.07, 6.45) is 2.99. The molecule has 0 atom stereocenters. The minimum atomic E-state index is -0.675. The van der Waals surface area contributed by atoms with Crippen LogP contribution >= 0.6 is 0 Å². The third kappa shape index (κ3) is 5.53. The Morgan fingerprint density at radius 1 is 1.10 bits per heavy atom. The number of pyridine rings is 1. The van der Waals surface area contributed by atoms with E-state index < -0.39 is 18.5 Å². The number of carbonyl (C=O) groups is 3. The van der Waals surface area contributed by atoms with E-state index in [0.717, 1.165) is 5.56 Å². The summed E-state index contributed by atoms with van der Waals surface area (Å²) in [6.45, 7) is 3.01. The Kier molecular flexibility index (Phi) is 6.76. The maximum absolute atomic E-state index is 12.4. The number of benzene rings is 1. The molecular formula is C22H23N5O4. The average molecular weight is 421 g/mol. The fourth-order valence-corrected chi connectivity index (χ4v) is 2.78. The number of likely N-dealkylation sites (N-methyl/N-ethyl adjacent to an activating group) is 1. The third-order valence-electron chi connectivity index (χ3n) is 4.56. The number of carbonyl (C=O) groups excluding carboxylic acids is 3. The van der Waals surface area contributed by atoms with Crippen molar-refractivity contribution in [2.45, 2.75) is 13.8 Å². The molecule has 9 nitrogen and oxygen atoms in total. The Morgan fingerprint density at radius 3 is 2.52 bits per heavy atom. The Balaban J connectivity index is 1.52. The lowest BCUT2D eigenvalue weighted by molar-refractivity contribution is -0.136. The van der Waals surface area contributed by atoms with E-state index in [0.29, 0.717) is 17.2 Å². The molecule has 2 heterocycles. The van der Waals surface area contributed by atoms with Gasteiger partial charge in [0.15, 0.2) is 12.4 Å². The van der Waals surface area contributed by atoms with Gasteiger partial charge >= 0.3 is 5.97 Å². The average Bonchev–Trinajstić information content (AvgIpc) is 3.15. The molecule has 0 saturated heterocycles. The molecule has 0 bridgehead atoms. The molecule has 3 rings (SSSR count). The number of anilines is 1. The Bertz CT molecular complexity index is 1080. The van der Waals surface area contributed by atoms with Crippen molar-refractivity contribution < 1.29 is 19.1 Å². The van der Waals surface area contributed by atoms with Crippen LogP contribution in [0.2, 0.25) is 0 Å². The van der Waals surface area contributed by atoms with Crippen LogP contribution in [0.1, 0.15) is 21.6 Å². The minimum absolute atomic E-state index is 0.166. The van der Waals surface area contributed by atoms with E-state index in [1.54, 1.807) is 37.4 Å². The Morgan fingerprint density at radius 2 is 1.84 bits per heavy atom. The molecule has 0 aliphatic carbocycles. The number of aryl methyl sites for hydroxylation is 1. The van der Waals surface area contributed by atoms with Crippen LogP contribution in [0.3, 0.4) is 0 Å². The molecule has 0 fully saturated rings. The van der Waals surface area contributed by atoms with Crippen molar-refractivity contribution in [1.82, 2.24) is 19.7 Å². The second kappa shape index (κ2) is 9.66. The Labute approximate surface area is 179 Å². The number of ether oxygens (including phenoxy) is 1. The summed E-state index contributed by atoms with van der Waals surface area (Å²) in [5.74, 6) is -0.958. The van der Waals surface area contributed by atoms with Crippen molar-refractivity contribution in [3.05, 3.63) is 71.7 Å². The molecule has 3 aromatic rings. The van der Waals surface area contributed by atoms with Crippen LogP contribution in [0.25, 0.3) is 5.82 Å². The van der Waals surface area contributed by atoms with Gasteiger partial charge in [0.05, 0.1) is 18.4 Å². The molecule has 0 unspecified atom stereocenters. The van der Waals surface area contributed by atoms with Gasteiger partial charge in [-0.2, -0.15) is 5.10 Å². The smallest absolute Gasteiger partial charge is 0.342 e. The van der Waals surface area contributed by atoms with E-state index in [-0.39, 0.29) is 18.0 Å². The van der Waals surface area contributed by atoms with Gasteiger partial charge in [0, 0.05) is 18.9 Å². The fraction of sp³-hybridized carbons (Fsp3) is 0.227. The zero-order chi connectivity index (χ0) is 22.4. The first-order valence-corrected chi connectivity index (χ1v) is 9.59. The molecular weight excluding hydrogens is 398 g/mol. The highest BCUT2D eigenvalue weighted by Gasteiger charge is 2.20. The molecule has 1 aromatic carbocycles. The number of amides is 2. The van der Waals surface area contributed by atoms with E-state index in [1.807, 2.05) is 25.1 Å². The van der Waals surface area contributed by atoms with Gasteiger partial charge in [0.2, 0.25) is 5.91 Å². The highest BCUT2D eigenvalue weighted by atomic mass is 16.5. The van der Waals surface area contributed by atoms with E-state index in [4.69, 9.17) is 4.74 Å². The molecule has 1 N–H and O–H groups in total. The van der Waals surface area contributed by atoms with E-state index in [1.165, 1.54) is 22.8 Å². The second-order valence-electron chi connectivity index (χ2n) is 6.98. The van der Waals surface area contributed by atoms with Gasteiger partial charge in [-0.3, -0.25) is 9.59 Å². The van der Waals surface area contributed by atoms with Gasteiger partial charge in [0.25, 0.3) is 5.91 Å². The largest absolute Gasteiger partial charge is 0.452 e. The molecule has 0 spiro atoms.